The first-order valence-electron chi connectivity index (χ1n) is 9.50. The van der Waals surface area contributed by atoms with E-state index >= 15 is 0 Å². The molecular weight excluding hydrogens is 348 g/mol. The third-order valence-corrected chi connectivity index (χ3v) is 5.33. The normalized spacial score (nSPS) is 18.4. The number of aryl methyl sites for hydroxylation is 1. The standard InChI is InChI=1S/C24H24N2O2/c1-24(17-16-18-8-4-3-5-9-18)25-22-11-7-6-10-21(22)23(27)26(24)19-12-14-20(28-2)15-13-19/h3-15,25H,16-17H2,1-2H3/t24-/m0/s1. The van der Waals surface area contributed by atoms with Crippen LogP contribution >= 0.6 is 0 Å². The van der Waals surface area contributed by atoms with Crippen molar-refractivity contribution in [1.29, 1.82) is 0 Å². The molecule has 3 aromatic carbocycles. The van der Waals surface area contributed by atoms with Crippen LogP contribution in [0.3, 0.4) is 0 Å². The minimum Gasteiger partial charge on any atom is -0.497 e. The zero-order valence-corrected chi connectivity index (χ0v) is 16.2. The predicted octanol–water partition coefficient (Wildman–Crippen LogP) is 5.12. The summed E-state index contributed by atoms with van der Waals surface area (Å²) in [5.41, 5.74) is 3.13. The SMILES string of the molecule is COc1ccc(N2C(=O)c3ccccc3N[C@]2(C)CCc2ccccc2)cc1. The van der Waals surface area contributed by atoms with Crippen LogP contribution < -0.4 is 15.0 Å². The van der Waals surface area contributed by atoms with E-state index < -0.39 is 5.66 Å². The van der Waals surface area contributed by atoms with Crippen molar-refractivity contribution in [3.8, 4) is 5.75 Å². The predicted molar refractivity (Wildman–Crippen MR) is 113 cm³/mol. The number of hydrogen-bond donors (Lipinski definition) is 1. The lowest BCUT2D eigenvalue weighted by molar-refractivity contribution is 0.0955. The second kappa shape index (κ2) is 7.39. The number of amides is 1. The van der Waals surface area contributed by atoms with Gasteiger partial charge in [-0.25, -0.2) is 0 Å². The Morgan fingerprint density at radius 2 is 1.61 bits per heavy atom. The van der Waals surface area contributed by atoms with Crippen molar-refractivity contribution in [2.24, 2.45) is 0 Å². The van der Waals surface area contributed by atoms with Crippen molar-refractivity contribution in [3.63, 3.8) is 0 Å². The van der Waals surface area contributed by atoms with Crippen LogP contribution in [-0.4, -0.2) is 18.7 Å². The maximum atomic E-state index is 13.5. The fraction of sp³-hybridized carbons (Fsp3) is 0.208. The van der Waals surface area contributed by atoms with E-state index in [-0.39, 0.29) is 5.91 Å². The zero-order valence-electron chi connectivity index (χ0n) is 16.2. The molecule has 1 aliphatic heterocycles. The molecule has 0 saturated carbocycles. The number of carbonyl (C=O) groups is 1. The summed E-state index contributed by atoms with van der Waals surface area (Å²) in [4.78, 5) is 15.3. The highest BCUT2D eigenvalue weighted by molar-refractivity contribution is 6.12. The number of benzene rings is 3. The van der Waals surface area contributed by atoms with E-state index in [2.05, 4.69) is 24.4 Å². The summed E-state index contributed by atoms with van der Waals surface area (Å²) in [6.07, 6.45) is 1.65. The van der Waals surface area contributed by atoms with Crippen molar-refractivity contribution in [1.82, 2.24) is 0 Å². The molecule has 0 aromatic heterocycles. The van der Waals surface area contributed by atoms with Crippen molar-refractivity contribution >= 4 is 17.3 Å². The number of fused-ring (bicyclic) bond motifs is 1. The van der Waals surface area contributed by atoms with E-state index in [1.807, 2.05) is 71.6 Å². The number of para-hydroxylation sites is 1. The van der Waals surface area contributed by atoms with Gasteiger partial charge in [0.2, 0.25) is 0 Å². The average Bonchev–Trinajstić information content (AvgIpc) is 2.74. The number of methoxy groups -OCH3 is 1. The highest BCUT2D eigenvalue weighted by atomic mass is 16.5. The molecule has 0 fully saturated rings. The highest BCUT2D eigenvalue weighted by Crippen LogP contribution is 2.37. The van der Waals surface area contributed by atoms with Gasteiger partial charge >= 0.3 is 0 Å². The van der Waals surface area contributed by atoms with Gasteiger partial charge in [-0.3, -0.25) is 9.69 Å². The van der Waals surface area contributed by atoms with Gasteiger partial charge in [0.05, 0.1) is 12.7 Å². The molecule has 1 aliphatic rings. The monoisotopic (exact) mass is 372 g/mol. The van der Waals surface area contributed by atoms with Crippen molar-refractivity contribution in [2.45, 2.75) is 25.4 Å². The maximum absolute atomic E-state index is 13.5. The van der Waals surface area contributed by atoms with E-state index in [0.717, 1.165) is 30.0 Å². The Bertz CT molecular complexity index is 969. The zero-order chi connectivity index (χ0) is 19.6. The molecule has 1 heterocycles. The van der Waals surface area contributed by atoms with Crippen LogP contribution in [0.5, 0.6) is 5.75 Å². The van der Waals surface area contributed by atoms with E-state index in [0.29, 0.717) is 5.56 Å². The van der Waals surface area contributed by atoms with E-state index in [4.69, 9.17) is 4.74 Å². The summed E-state index contributed by atoms with van der Waals surface area (Å²) in [7, 11) is 1.64. The molecule has 0 saturated heterocycles. The maximum Gasteiger partial charge on any atom is 0.262 e. The first-order chi connectivity index (χ1) is 13.6. The van der Waals surface area contributed by atoms with Crippen LogP contribution in [0.4, 0.5) is 11.4 Å². The summed E-state index contributed by atoms with van der Waals surface area (Å²) in [5.74, 6) is 0.780. The van der Waals surface area contributed by atoms with Gasteiger partial charge in [-0.1, -0.05) is 42.5 Å². The van der Waals surface area contributed by atoms with Gasteiger partial charge in [0.15, 0.2) is 0 Å². The summed E-state index contributed by atoms with van der Waals surface area (Å²) >= 11 is 0. The lowest BCUT2D eigenvalue weighted by atomic mass is 9.93. The van der Waals surface area contributed by atoms with Crippen molar-refractivity contribution < 1.29 is 9.53 Å². The summed E-state index contributed by atoms with van der Waals surface area (Å²) in [6.45, 7) is 2.09. The van der Waals surface area contributed by atoms with Gasteiger partial charge in [0.1, 0.15) is 11.4 Å². The Hall–Kier alpha value is -3.27. The molecule has 0 unspecified atom stereocenters. The van der Waals surface area contributed by atoms with Crippen LogP contribution in [0.15, 0.2) is 78.9 Å². The Balaban J connectivity index is 1.72. The van der Waals surface area contributed by atoms with E-state index in [1.54, 1.807) is 7.11 Å². The highest BCUT2D eigenvalue weighted by Gasteiger charge is 2.41. The fourth-order valence-corrected chi connectivity index (χ4v) is 3.81. The second-order valence-corrected chi connectivity index (χ2v) is 7.27. The van der Waals surface area contributed by atoms with Crippen LogP contribution in [0, 0.1) is 0 Å². The summed E-state index contributed by atoms with van der Waals surface area (Å²) in [6, 6.07) is 25.7. The Morgan fingerprint density at radius 1 is 0.929 bits per heavy atom. The minimum atomic E-state index is -0.546. The summed E-state index contributed by atoms with van der Waals surface area (Å²) in [5, 5.41) is 3.63. The molecule has 142 valence electrons. The smallest absolute Gasteiger partial charge is 0.262 e. The Morgan fingerprint density at radius 3 is 2.32 bits per heavy atom. The molecule has 1 amide bonds. The average molecular weight is 372 g/mol. The van der Waals surface area contributed by atoms with Gasteiger partial charge < -0.3 is 10.1 Å². The molecule has 0 bridgehead atoms. The number of ether oxygens (including phenoxy) is 1. The molecule has 1 N–H and O–H groups in total. The number of nitrogens with zero attached hydrogens (tertiary/aromatic N) is 1. The molecule has 3 aromatic rings. The number of anilines is 2. The van der Waals surface area contributed by atoms with E-state index in [1.165, 1.54) is 5.56 Å². The number of nitrogens with one attached hydrogen (secondary N) is 1. The van der Waals surface area contributed by atoms with Crippen LogP contribution in [-0.2, 0) is 6.42 Å². The third kappa shape index (κ3) is 3.33. The van der Waals surface area contributed by atoms with Crippen LogP contribution in [0.2, 0.25) is 0 Å². The van der Waals surface area contributed by atoms with Gasteiger partial charge in [0, 0.05) is 11.4 Å². The molecule has 4 nitrogen and oxygen atoms in total. The largest absolute Gasteiger partial charge is 0.497 e. The van der Waals surface area contributed by atoms with Gasteiger partial charge in [-0.15, -0.1) is 0 Å². The molecule has 1 atom stereocenters. The molecule has 0 aliphatic carbocycles. The van der Waals surface area contributed by atoms with Gasteiger partial charge in [-0.05, 0) is 61.7 Å². The molecule has 28 heavy (non-hydrogen) atoms. The molecule has 0 spiro atoms. The minimum absolute atomic E-state index is 0.00933. The van der Waals surface area contributed by atoms with Crippen LogP contribution in [0.25, 0.3) is 0 Å². The van der Waals surface area contributed by atoms with Gasteiger partial charge in [0.25, 0.3) is 5.91 Å². The van der Waals surface area contributed by atoms with E-state index in [9.17, 15) is 4.79 Å². The van der Waals surface area contributed by atoms with Crippen molar-refractivity contribution in [3.05, 3.63) is 90.0 Å². The summed E-state index contributed by atoms with van der Waals surface area (Å²) < 4.78 is 5.28. The second-order valence-electron chi connectivity index (χ2n) is 7.27. The lowest BCUT2D eigenvalue weighted by Gasteiger charge is -2.46. The topological polar surface area (TPSA) is 41.6 Å². The third-order valence-electron chi connectivity index (χ3n) is 5.33. The molecule has 4 rings (SSSR count). The number of carbonyl (C=O) groups excluding carboxylic acids is 1. The first-order valence-corrected chi connectivity index (χ1v) is 9.50. The van der Waals surface area contributed by atoms with Crippen molar-refractivity contribution in [2.75, 3.05) is 17.3 Å². The fourth-order valence-electron chi connectivity index (χ4n) is 3.81. The molecule has 4 heteroatoms. The number of hydrogen-bond acceptors (Lipinski definition) is 3. The lowest BCUT2D eigenvalue weighted by Crippen LogP contribution is -2.58. The quantitative estimate of drug-likeness (QED) is 0.676. The molecule has 0 radical (unpaired) electrons. The van der Waals surface area contributed by atoms with Crippen LogP contribution in [0.1, 0.15) is 29.3 Å². The molecular formula is C24H24N2O2. The first kappa shape index (κ1) is 18.1. The number of rotatable bonds is 5. The Kier molecular flexibility index (Phi) is 4.78. The Labute approximate surface area is 165 Å². The van der Waals surface area contributed by atoms with Gasteiger partial charge in [-0.2, -0.15) is 0 Å².